The van der Waals surface area contributed by atoms with Crippen molar-refractivity contribution in [2.24, 2.45) is 0 Å². The van der Waals surface area contributed by atoms with E-state index in [1.807, 2.05) is 0 Å². The molecule has 0 unspecified atom stereocenters. The minimum Gasteiger partial charge on any atom is -0.547 e. The van der Waals surface area contributed by atoms with Gasteiger partial charge >= 0.3 is 5.92 Å². The van der Waals surface area contributed by atoms with Crippen LogP contribution in [0, 0.1) is 0 Å². The molecule has 0 amide bonds. The molecular weight excluding hydrogens is 194 g/mol. The molecule has 14 heavy (non-hydrogen) atoms. The van der Waals surface area contributed by atoms with Crippen LogP contribution in [-0.4, -0.2) is 17.2 Å². The number of benzene rings is 1. The van der Waals surface area contributed by atoms with E-state index in [1.54, 1.807) is 0 Å². The molecule has 1 atom stereocenters. The normalized spacial score (nSPS) is 13.6. The average Bonchev–Trinajstić information content (AvgIpc) is 2.18. The van der Waals surface area contributed by atoms with Crippen LogP contribution in [0.15, 0.2) is 30.3 Å². The summed E-state index contributed by atoms with van der Waals surface area (Å²) in [6, 6.07) is 6.22. The van der Waals surface area contributed by atoms with Crippen molar-refractivity contribution in [2.45, 2.75) is 12.0 Å². The molecule has 0 spiro atoms. The van der Waals surface area contributed by atoms with E-state index < -0.39 is 23.6 Å². The summed E-state index contributed by atoms with van der Waals surface area (Å²) in [4.78, 5) is 10.1. The fourth-order valence-corrected chi connectivity index (χ4v) is 0.966. The first-order chi connectivity index (χ1) is 6.46. The van der Waals surface area contributed by atoms with E-state index in [0.29, 0.717) is 0 Å². The van der Waals surface area contributed by atoms with Gasteiger partial charge in [-0.1, -0.05) is 30.3 Å². The summed E-state index contributed by atoms with van der Waals surface area (Å²) >= 11 is 0. The van der Waals surface area contributed by atoms with Crippen LogP contribution in [0.2, 0.25) is 0 Å². The zero-order chi connectivity index (χ0) is 10.8. The number of rotatable bonds is 3. The van der Waals surface area contributed by atoms with Crippen LogP contribution in [-0.2, 0) is 10.7 Å². The Morgan fingerprint density at radius 1 is 1.36 bits per heavy atom. The van der Waals surface area contributed by atoms with Gasteiger partial charge in [0.15, 0.2) is 6.10 Å². The molecule has 0 aliphatic rings. The zero-order valence-electron chi connectivity index (χ0n) is 6.98. The van der Waals surface area contributed by atoms with Crippen LogP contribution >= 0.6 is 0 Å². The van der Waals surface area contributed by atoms with Crippen molar-refractivity contribution in [3.63, 3.8) is 0 Å². The van der Waals surface area contributed by atoms with Gasteiger partial charge in [0.2, 0.25) is 0 Å². The van der Waals surface area contributed by atoms with Gasteiger partial charge in [-0.15, -0.1) is 0 Å². The first-order valence-electron chi connectivity index (χ1n) is 3.78. The van der Waals surface area contributed by atoms with Gasteiger partial charge in [-0.3, -0.25) is 0 Å². The molecule has 1 N–H and O–H groups in total. The highest BCUT2D eigenvalue weighted by Gasteiger charge is 2.41. The molecule has 5 heteroatoms. The molecular formula is C9H7F2O3-. The third kappa shape index (κ3) is 1.88. The number of halogens is 2. The summed E-state index contributed by atoms with van der Waals surface area (Å²) in [6.07, 6.45) is -2.83. The second-order valence-corrected chi connectivity index (χ2v) is 2.71. The molecule has 0 bridgehead atoms. The molecule has 0 aromatic heterocycles. The molecule has 0 radical (unpaired) electrons. The van der Waals surface area contributed by atoms with Gasteiger partial charge in [0.05, 0.1) is 5.97 Å². The van der Waals surface area contributed by atoms with Gasteiger partial charge in [-0.2, -0.15) is 8.78 Å². The van der Waals surface area contributed by atoms with Gasteiger partial charge < -0.3 is 15.0 Å². The van der Waals surface area contributed by atoms with Gasteiger partial charge in [0.1, 0.15) is 0 Å². The molecule has 1 aromatic rings. The lowest BCUT2D eigenvalue weighted by molar-refractivity contribution is -0.325. The number of carbonyl (C=O) groups excluding carboxylic acids is 1. The Hall–Kier alpha value is -1.49. The number of aliphatic hydroxyl groups excluding tert-OH is 1. The summed E-state index contributed by atoms with van der Waals surface area (Å²) in [5, 5.41) is 18.8. The summed E-state index contributed by atoms with van der Waals surface area (Å²) < 4.78 is 26.3. The quantitative estimate of drug-likeness (QED) is 0.742. The van der Waals surface area contributed by atoms with Crippen molar-refractivity contribution < 1.29 is 23.8 Å². The van der Waals surface area contributed by atoms with Crippen molar-refractivity contribution in [3.8, 4) is 0 Å². The third-order valence-electron chi connectivity index (χ3n) is 1.73. The van der Waals surface area contributed by atoms with E-state index in [9.17, 15) is 18.7 Å². The Bertz CT molecular complexity index is 324. The van der Waals surface area contributed by atoms with Gasteiger partial charge in [-0.25, -0.2) is 0 Å². The van der Waals surface area contributed by atoms with Gasteiger partial charge in [-0.05, 0) is 0 Å². The lowest BCUT2D eigenvalue weighted by Crippen LogP contribution is -2.45. The largest absolute Gasteiger partial charge is 0.547 e. The van der Waals surface area contributed by atoms with Gasteiger partial charge in [0, 0.05) is 5.56 Å². The van der Waals surface area contributed by atoms with Crippen LogP contribution in [0.4, 0.5) is 8.78 Å². The minimum atomic E-state index is -3.83. The predicted molar refractivity (Wildman–Crippen MR) is 41.3 cm³/mol. The smallest absolute Gasteiger partial charge is 0.303 e. The van der Waals surface area contributed by atoms with Crippen molar-refractivity contribution in [1.29, 1.82) is 0 Å². The van der Waals surface area contributed by atoms with E-state index in [4.69, 9.17) is 5.11 Å². The monoisotopic (exact) mass is 201 g/mol. The fourth-order valence-electron chi connectivity index (χ4n) is 0.966. The summed E-state index contributed by atoms with van der Waals surface area (Å²) in [5.74, 6) is -6.03. The molecule has 76 valence electrons. The number of hydrogen-bond acceptors (Lipinski definition) is 3. The maximum atomic E-state index is 13.1. The SMILES string of the molecule is O=C([O-])[C@H](O)C(F)(F)c1ccccc1. The lowest BCUT2D eigenvalue weighted by atomic mass is 10.0. The number of alkyl halides is 2. The van der Waals surface area contributed by atoms with Crippen LogP contribution in [0.1, 0.15) is 5.56 Å². The summed E-state index contributed by atoms with van der Waals surface area (Å²) in [6.45, 7) is 0. The molecule has 0 fully saturated rings. The second-order valence-electron chi connectivity index (χ2n) is 2.71. The molecule has 0 saturated heterocycles. The number of carboxylic acid groups (broad SMARTS) is 1. The Balaban J connectivity index is 3.02. The standard InChI is InChI=1S/C9H8F2O3/c10-9(11,7(12)8(13)14)6-4-2-1-3-5-6/h1-5,7,12H,(H,13,14)/p-1/t7-/m0/s1. The molecule has 0 heterocycles. The van der Waals surface area contributed by atoms with Crippen LogP contribution in [0.5, 0.6) is 0 Å². The first kappa shape index (κ1) is 10.6. The van der Waals surface area contributed by atoms with E-state index in [-0.39, 0.29) is 0 Å². The highest BCUT2D eigenvalue weighted by atomic mass is 19.3. The van der Waals surface area contributed by atoms with Crippen LogP contribution in [0.3, 0.4) is 0 Å². The average molecular weight is 201 g/mol. The van der Waals surface area contributed by atoms with Gasteiger partial charge in [0.25, 0.3) is 0 Å². The Kier molecular flexibility index (Phi) is 2.81. The van der Waals surface area contributed by atoms with Crippen LogP contribution in [0.25, 0.3) is 0 Å². The Labute approximate surface area is 78.6 Å². The molecule has 1 rings (SSSR count). The first-order valence-corrected chi connectivity index (χ1v) is 3.78. The van der Waals surface area contributed by atoms with Crippen molar-refractivity contribution in [1.82, 2.24) is 0 Å². The van der Waals surface area contributed by atoms with E-state index in [1.165, 1.54) is 18.2 Å². The topological polar surface area (TPSA) is 60.4 Å². The Morgan fingerprint density at radius 3 is 2.29 bits per heavy atom. The molecule has 1 aromatic carbocycles. The lowest BCUT2D eigenvalue weighted by Gasteiger charge is -2.23. The second kappa shape index (κ2) is 3.71. The maximum Gasteiger partial charge on any atom is 0.303 e. The highest BCUT2D eigenvalue weighted by Crippen LogP contribution is 2.31. The highest BCUT2D eigenvalue weighted by molar-refractivity contribution is 5.71. The molecule has 0 saturated carbocycles. The zero-order valence-corrected chi connectivity index (χ0v) is 6.98. The van der Waals surface area contributed by atoms with E-state index in [2.05, 4.69) is 0 Å². The number of hydrogen-bond donors (Lipinski definition) is 1. The third-order valence-corrected chi connectivity index (χ3v) is 1.73. The molecule has 0 aliphatic heterocycles. The summed E-state index contributed by atoms with van der Waals surface area (Å²) in [7, 11) is 0. The van der Waals surface area contributed by atoms with Crippen molar-refractivity contribution in [2.75, 3.05) is 0 Å². The number of carboxylic acids is 1. The van der Waals surface area contributed by atoms with Crippen molar-refractivity contribution >= 4 is 5.97 Å². The summed E-state index contributed by atoms with van der Waals surface area (Å²) in [5.41, 5.74) is -0.559. The number of carbonyl (C=O) groups is 1. The molecule has 3 nitrogen and oxygen atoms in total. The fraction of sp³-hybridized carbons (Fsp3) is 0.222. The number of aliphatic carboxylic acids is 1. The Morgan fingerprint density at radius 2 is 1.86 bits per heavy atom. The van der Waals surface area contributed by atoms with E-state index in [0.717, 1.165) is 12.1 Å². The maximum absolute atomic E-state index is 13.1. The predicted octanol–water partition coefficient (Wildman–Crippen LogP) is -0.111. The van der Waals surface area contributed by atoms with Crippen molar-refractivity contribution in [3.05, 3.63) is 35.9 Å². The molecule has 0 aliphatic carbocycles. The minimum absolute atomic E-state index is 0.559. The van der Waals surface area contributed by atoms with E-state index >= 15 is 0 Å². The number of aliphatic hydroxyl groups is 1. The van der Waals surface area contributed by atoms with Crippen LogP contribution < -0.4 is 5.11 Å².